The number of nitrogens with one attached hydrogen (secondary N) is 2. The topological polar surface area (TPSA) is 58.9 Å². The minimum absolute atomic E-state index is 0. The zero-order valence-corrected chi connectivity index (χ0v) is 14.3. The SMILES string of the molecule is CCNCCNC(=O)c1cnn(-c2ccc(Cl)cc2Cl)c1.Cl. The van der Waals surface area contributed by atoms with E-state index in [0.717, 1.165) is 13.1 Å². The normalized spacial score (nSPS) is 10.1. The minimum atomic E-state index is -0.163. The molecule has 0 unspecified atom stereocenters. The summed E-state index contributed by atoms with van der Waals surface area (Å²) in [6, 6.07) is 5.11. The predicted molar refractivity (Wildman–Crippen MR) is 91.7 cm³/mol. The molecule has 1 aromatic carbocycles. The van der Waals surface area contributed by atoms with Gasteiger partial charge in [-0.15, -0.1) is 12.4 Å². The van der Waals surface area contributed by atoms with E-state index in [0.29, 0.717) is 27.8 Å². The van der Waals surface area contributed by atoms with Gasteiger partial charge in [-0.3, -0.25) is 4.79 Å². The Morgan fingerprint density at radius 2 is 2.09 bits per heavy atom. The fourth-order valence-electron chi connectivity index (χ4n) is 1.78. The second-order valence-electron chi connectivity index (χ2n) is 4.38. The molecule has 2 rings (SSSR count). The first kappa shape index (κ1) is 18.8. The molecule has 2 aromatic rings. The molecule has 0 fully saturated rings. The van der Waals surface area contributed by atoms with E-state index in [1.54, 1.807) is 29.1 Å². The van der Waals surface area contributed by atoms with Crippen LogP contribution in [-0.2, 0) is 0 Å². The van der Waals surface area contributed by atoms with Crippen molar-refractivity contribution in [3.63, 3.8) is 0 Å². The van der Waals surface area contributed by atoms with Gasteiger partial charge in [0.1, 0.15) is 0 Å². The van der Waals surface area contributed by atoms with Gasteiger partial charge in [-0.2, -0.15) is 5.10 Å². The molecule has 2 N–H and O–H groups in total. The number of carbonyl (C=O) groups is 1. The highest BCUT2D eigenvalue weighted by molar-refractivity contribution is 6.35. The molecule has 0 saturated carbocycles. The van der Waals surface area contributed by atoms with Crippen molar-refractivity contribution >= 4 is 41.5 Å². The number of rotatable bonds is 6. The van der Waals surface area contributed by atoms with Crippen LogP contribution in [0.1, 0.15) is 17.3 Å². The Morgan fingerprint density at radius 1 is 1.32 bits per heavy atom. The van der Waals surface area contributed by atoms with Gasteiger partial charge in [-0.1, -0.05) is 30.1 Å². The van der Waals surface area contributed by atoms with Crippen LogP contribution in [0.2, 0.25) is 10.0 Å². The lowest BCUT2D eigenvalue weighted by molar-refractivity contribution is 0.0954. The molecule has 0 spiro atoms. The van der Waals surface area contributed by atoms with Gasteiger partial charge in [0.25, 0.3) is 5.91 Å². The number of hydrogen-bond acceptors (Lipinski definition) is 3. The zero-order valence-electron chi connectivity index (χ0n) is 12.0. The number of likely N-dealkylation sites (N-methyl/N-ethyl adjacent to an activating group) is 1. The Bertz CT molecular complexity index is 630. The minimum Gasteiger partial charge on any atom is -0.351 e. The molecule has 1 aromatic heterocycles. The lowest BCUT2D eigenvalue weighted by Crippen LogP contribution is -2.31. The molecule has 120 valence electrons. The highest BCUT2D eigenvalue weighted by atomic mass is 35.5. The second-order valence-corrected chi connectivity index (χ2v) is 5.22. The van der Waals surface area contributed by atoms with E-state index in [1.165, 1.54) is 6.20 Å². The first-order valence-electron chi connectivity index (χ1n) is 6.61. The molecular weight excluding hydrogens is 347 g/mol. The Labute approximate surface area is 145 Å². The van der Waals surface area contributed by atoms with Crippen LogP contribution in [0, 0.1) is 0 Å². The van der Waals surface area contributed by atoms with Crippen molar-refractivity contribution in [2.45, 2.75) is 6.92 Å². The molecule has 0 radical (unpaired) electrons. The summed E-state index contributed by atoms with van der Waals surface area (Å²) in [4.78, 5) is 11.9. The number of aromatic nitrogens is 2. The molecule has 1 amide bonds. The van der Waals surface area contributed by atoms with Crippen molar-refractivity contribution in [1.29, 1.82) is 0 Å². The van der Waals surface area contributed by atoms with Crippen LogP contribution in [0.15, 0.2) is 30.6 Å². The highest BCUT2D eigenvalue weighted by Gasteiger charge is 2.10. The Hall–Kier alpha value is -1.27. The predicted octanol–water partition coefficient (Wildman–Crippen LogP) is 2.94. The maximum Gasteiger partial charge on any atom is 0.254 e. The summed E-state index contributed by atoms with van der Waals surface area (Å²) in [5.41, 5.74) is 1.16. The average Bonchev–Trinajstić information content (AvgIpc) is 2.93. The quantitative estimate of drug-likeness (QED) is 0.776. The summed E-state index contributed by atoms with van der Waals surface area (Å²) in [5, 5.41) is 11.1. The van der Waals surface area contributed by atoms with Gasteiger partial charge >= 0.3 is 0 Å². The van der Waals surface area contributed by atoms with Crippen molar-refractivity contribution in [1.82, 2.24) is 20.4 Å². The summed E-state index contributed by atoms with van der Waals surface area (Å²) in [7, 11) is 0. The Balaban J connectivity index is 0.00000242. The van der Waals surface area contributed by atoms with Gasteiger partial charge in [0.15, 0.2) is 0 Å². The largest absolute Gasteiger partial charge is 0.351 e. The van der Waals surface area contributed by atoms with Crippen LogP contribution in [0.25, 0.3) is 5.69 Å². The van der Waals surface area contributed by atoms with Gasteiger partial charge in [0, 0.05) is 24.3 Å². The standard InChI is InChI=1S/C14H16Cl2N4O.ClH/c1-2-17-5-6-18-14(21)10-8-19-20(9-10)13-4-3-11(15)7-12(13)16;/h3-4,7-9,17H,2,5-6H2,1H3,(H,18,21);1H. The van der Waals surface area contributed by atoms with Crippen molar-refractivity contribution < 1.29 is 4.79 Å². The van der Waals surface area contributed by atoms with Crippen molar-refractivity contribution in [2.24, 2.45) is 0 Å². The maximum atomic E-state index is 11.9. The molecule has 1 heterocycles. The number of amides is 1. The van der Waals surface area contributed by atoms with Gasteiger partial charge in [0.2, 0.25) is 0 Å². The van der Waals surface area contributed by atoms with Crippen LogP contribution >= 0.6 is 35.6 Å². The van der Waals surface area contributed by atoms with E-state index < -0.39 is 0 Å². The first-order valence-corrected chi connectivity index (χ1v) is 7.36. The summed E-state index contributed by atoms with van der Waals surface area (Å²) in [5.74, 6) is -0.163. The summed E-state index contributed by atoms with van der Waals surface area (Å²) in [6.07, 6.45) is 3.14. The molecule has 0 atom stereocenters. The molecule has 0 aliphatic heterocycles. The van der Waals surface area contributed by atoms with E-state index >= 15 is 0 Å². The lowest BCUT2D eigenvalue weighted by Gasteiger charge is -2.05. The number of benzene rings is 1. The van der Waals surface area contributed by atoms with Gasteiger partial charge in [-0.25, -0.2) is 4.68 Å². The van der Waals surface area contributed by atoms with E-state index in [2.05, 4.69) is 15.7 Å². The van der Waals surface area contributed by atoms with Crippen LogP contribution in [0.4, 0.5) is 0 Å². The maximum absolute atomic E-state index is 11.9. The molecule has 22 heavy (non-hydrogen) atoms. The van der Waals surface area contributed by atoms with E-state index in [4.69, 9.17) is 23.2 Å². The fraction of sp³-hybridized carbons (Fsp3) is 0.286. The fourth-order valence-corrected chi connectivity index (χ4v) is 2.28. The van der Waals surface area contributed by atoms with E-state index in [1.807, 2.05) is 6.92 Å². The number of nitrogens with zero attached hydrogens (tertiary/aromatic N) is 2. The third kappa shape index (κ3) is 4.88. The van der Waals surface area contributed by atoms with Gasteiger partial charge in [-0.05, 0) is 24.7 Å². The monoisotopic (exact) mass is 362 g/mol. The number of halogens is 3. The van der Waals surface area contributed by atoms with Gasteiger partial charge < -0.3 is 10.6 Å². The molecule has 0 aliphatic carbocycles. The zero-order chi connectivity index (χ0) is 15.2. The molecule has 8 heteroatoms. The van der Waals surface area contributed by atoms with Crippen molar-refractivity contribution in [3.05, 3.63) is 46.2 Å². The smallest absolute Gasteiger partial charge is 0.254 e. The summed E-state index contributed by atoms with van der Waals surface area (Å²) < 4.78 is 1.55. The van der Waals surface area contributed by atoms with E-state index in [9.17, 15) is 4.79 Å². The van der Waals surface area contributed by atoms with Crippen LogP contribution in [-0.4, -0.2) is 35.3 Å². The molecule has 5 nitrogen and oxygen atoms in total. The number of carbonyl (C=O) groups excluding carboxylic acids is 1. The third-order valence-electron chi connectivity index (χ3n) is 2.84. The van der Waals surface area contributed by atoms with Crippen LogP contribution in [0.5, 0.6) is 0 Å². The highest BCUT2D eigenvalue weighted by Crippen LogP contribution is 2.23. The molecule has 0 saturated heterocycles. The summed E-state index contributed by atoms with van der Waals surface area (Å²) in [6.45, 7) is 4.20. The molecule has 0 aliphatic rings. The average molecular weight is 364 g/mol. The Morgan fingerprint density at radius 3 is 2.77 bits per heavy atom. The lowest BCUT2D eigenvalue weighted by atomic mass is 10.3. The Kier molecular flexibility index (Phi) is 7.68. The van der Waals surface area contributed by atoms with Crippen LogP contribution < -0.4 is 10.6 Å². The van der Waals surface area contributed by atoms with Crippen molar-refractivity contribution in [2.75, 3.05) is 19.6 Å². The number of hydrogen-bond donors (Lipinski definition) is 2. The van der Waals surface area contributed by atoms with Gasteiger partial charge in [0.05, 0.1) is 22.5 Å². The van der Waals surface area contributed by atoms with Crippen molar-refractivity contribution in [3.8, 4) is 5.69 Å². The van der Waals surface area contributed by atoms with Crippen LogP contribution in [0.3, 0.4) is 0 Å². The summed E-state index contributed by atoms with van der Waals surface area (Å²) >= 11 is 12.0. The third-order valence-corrected chi connectivity index (χ3v) is 3.38. The first-order chi connectivity index (χ1) is 10.1. The molecular formula is C14H17Cl3N4O. The molecule has 0 bridgehead atoms. The van der Waals surface area contributed by atoms with E-state index in [-0.39, 0.29) is 18.3 Å². The second kappa shape index (κ2) is 9.00.